The molecule has 0 atom stereocenters. The van der Waals surface area contributed by atoms with Crippen molar-refractivity contribution < 1.29 is 19.1 Å². The highest BCUT2D eigenvalue weighted by molar-refractivity contribution is 6.34. The second kappa shape index (κ2) is 8.39. The van der Waals surface area contributed by atoms with E-state index >= 15 is 0 Å². The van der Waals surface area contributed by atoms with Crippen molar-refractivity contribution >= 4 is 29.1 Å². The lowest BCUT2D eigenvalue weighted by Crippen LogP contribution is -2.14. The Hall–Kier alpha value is -2.73. The van der Waals surface area contributed by atoms with E-state index in [2.05, 4.69) is 5.32 Å². The van der Waals surface area contributed by atoms with Crippen LogP contribution in [0.5, 0.6) is 11.5 Å². The Kier molecular flexibility index (Phi) is 6.25. The first kappa shape index (κ1) is 18.6. The number of nitrogens with two attached hydrogens (primary N) is 1. The van der Waals surface area contributed by atoms with Crippen molar-refractivity contribution in [2.24, 2.45) is 5.73 Å². The number of benzene rings is 2. The van der Waals surface area contributed by atoms with Crippen molar-refractivity contribution in [3.63, 3.8) is 0 Å². The van der Waals surface area contributed by atoms with Gasteiger partial charge in [0.25, 0.3) is 0 Å². The topological polar surface area (TPSA) is 90.7 Å². The summed E-state index contributed by atoms with van der Waals surface area (Å²) in [5.74, 6) is 0.591. The molecule has 0 fully saturated rings. The molecule has 2 aromatic rings. The zero-order valence-electron chi connectivity index (χ0n) is 14.0. The zero-order chi connectivity index (χ0) is 18.4. The van der Waals surface area contributed by atoms with Gasteiger partial charge in [0.05, 0.1) is 24.8 Å². The standard InChI is InChI=1S/C18H19ClN2O4/c1-24-13-5-7-16(25-2)11(9-13)3-8-17(22)21-12-4-6-14(18(20)23)15(19)10-12/h4-7,9-10H,3,8H2,1-2H3,(H2,20,23)(H,21,22). The van der Waals surface area contributed by atoms with Gasteiger partial charge in [0.15, 0.2) is 0 Å². The third kappa shape index (κ3) is 4.87. The highest BCUT2D eigenvalue weighted by Gasteiger charge is 2.11. The molecule has 0 aromatic heterocycles. The van der Waals surface area contributed by atoms with E-state index in [1.807, 2.05) is 6.07 Å². The van der Waals surface area contributed by atoms with Crippen LogP contribution in [0, 0.1) is 0 Å². The Morgan fingerprint density at radius 1 is 1.12 bits per heavy atom. The van der Waals surface area contributed by atoms with E-state index in [4.69, 9.17) is 26.8 Å². The molecular formula is C18H19ClN2O4. The molecule has 0 heterocycles. The normalized spacial score (nSPS) is 10.2. The number of methoxy groups -OCH3 is 2. The molecule has 0 aliphatic heterocycles. The monoisotopic (exact) mass is 362 g/mol. The van der Waals surface area contributed by atoms with Crippen molar-refractivity contribution in [1.82, 2.24) is 0 Å². The molecule has 0 saturated heterocycles. The van der Waals surface area contributed by atoms with Crippen LogP contribution in [0.3, 0.4) is 0 Å². The molecule has 25 heavy (non-hydrogen) atoms. The van der Waals surface area contributed by atoms with Crippen molar-refractivity contribution in [3.05, 3.63) is 52.5 Å². The molecule has 7 heteroatoms. The van der Waals surface area contributed by atoms with Gasteiger partial charge in [-0.05, 0) is 48.4 Å². The number of hydrogen-bond acceptors (Lipinski definition) is 4. The zero-order valence-corrected chi connectivity index (χ0v) is 14.7. The molecule has 0 aliphatic carbocycles. The molecule has 0 spiro atoms. The van der Waals surface area contributed by atoms with Crippen LogP contribution in [0.25, 0.3) is 0 Å². The van der Waals surface area contributed by atoms with Gasteiger partial charge in [0.1, 0.15) is 11.5 Å². The molecule has 0 aliphatic rings. The number of primary amides is 1. The first-order valence-corrected chi connectivity index (χ1v) is 7.92. The maximum absolute atomic E-state index is 12.2. The Morgan fingerprint density at radius 2 is 1.88 bits per heavy atom. The molecule has 0 radical (unpaired) electrons. The van der Waals surface area contributed by atoms with E-state index in [9.17, 15) is 9.59 Å². The molecule has 0 bridgehead atoms. The van der Waals surface area contributed by atoms with Gasteiger partial charge in [-0.25, -0.2) is 0 Å². The number of rotatable bonds is 7. The number of carbonyl (C=O) groups is 2. The number of aryl methyl sites for hydroxylation is 1. The second-order valence-corrected chi connectivity index (χ2v) is 5.69. The largest absolute Gasteiger partial charge is 0.497 e. The van der Waals surface area contributed by atoms with Gasteiger partial charge in [-0.1, -0.05) is 11.6 Å². The van der Waals surface area contributed by atoms with Crippen LogP contribution in [0.4, 0.5) is 5.69 Å². The SMILES string of the molecule is COc1ccc(OC)c(CCC(=O)Nc2ccc(C(N)=O)c(Cl)c2)c1. The summed E-state index contributed by atoms with van der Waals surface area (Å²) in [5.41, 5.74) is 6.78. The third-order valence-electron chi connectivity index (χ3n) is 3.63. The number of amides is 2. The smallest absolute Gasteiger partial charge is 0.250 e. The Bertz CT molecular complexity index is 793. The first-order valence-electron chi connectivity index (χ1n) is 7.54. The average Bonchev–Trinajstić information content (AvgIpc) is 2.59. The third-order valence-corrected chi connectivity index (χ3v) is 3.94. The van der Waals surface area contributed by atoms with Gasteiger partial charge in [-0.15, -0.1) is 0 Å². The minimum absolute atomic E-state index is 0.187. The summed E-state index contributed by atoms with van der Waals surface area (Å²) < 4.78 is 10.5. The fourth-order valence-electron chi connectivity index (χ4n) is 2.34. The van der Waals surface area contributed by atoms with Crippen LogP contribution in [-0.2, 0) is 11.2 Å². The molecule has 2 aromatic carbocycles. The van der Waals surface area contributed by atoms with Gasteiger partial charge in [-0.3, -0.25) is 9.59 Å². The fraction of sp³-hybridized carbons (Fsp3) is 0.222. The summed E-state index contributed by atoms with van der Waals surface area (Å²) in [6, 6.07) is 9.98. The number of carbonyl (C=O) groups excluding carboxylic acids is 2. The van der Waals surface area contributed by atoms with Gasteiger partial charge < -0.3 is 20.5 Å². The molecule has 3 N–H and O–H groups in total. The number of hydrogen-bond donors (Lipinski definition) is 2. The van der Waals surface area contributed by atoms with E-state index in [0.717, 1.165) is 5.56 Å². The highest BCUT2D eigenvalue weighted by atomic mass is 35.5. The summed E-state index contributed by atoms with van der Waals surface area (Å²) >= 11 is 5.97. The van der Waals surface area contributed by atoms with E-state index in [-0.39, 0.29) is 22.9 Å². The number of anilines is 1. The van der Waals surface area contributed by atoms with Crippen LogP contribution in [0.2, 0.25) is 5.02 Å². The van der Waals surface area contributed by atoms with E-state index in [1.165, 1.54) is 12.1 Å². The Balaban J connectivity index is 2.01. The molecule has 6 nitrogen and oxygen atoms in total. The summed E-state index contributed by atoms with van der Waals surface area (Å²) in [7, 11) is 3.16. The van der Waals surface area contributed by atoms with E-state index in [0.29, 0.717) is 23.6 Å². The lowest BCUT2D eigenvalue weighted by atomic mass is 10.1. The molecule has 0 saturated carbocycles. The van der Waals surface area contributed by atoms with Crippen LogP contribution in [-0.4, -0.2) is 26.0 Å². The van der Waals surface area contributed by atoms with Crippen LogP contribution < -0.4 is 20.5 Å². The fourth-order valence-corrected chi connectivity index (χ4v) is 2.62. The van der Waals surface area contributed by atoms with Gasteiger partial charge in [0.2, 0.25) is 11.8 Å². The summed E-state index contributed by atoms with van der Waals surface area (Å²) in [6.45, 7) is 0. The maximum Gasteiger partial charge on any atom is 0.250 e. The summed E-state index contributed by atoms with van der Waals surface area (Å²) in [4.78, 5) is 23.3. The molecule has 0 unspecified atom stereocenters. The minimum Gasteiger partial charge on any atom is -0.497 e. The number of ether oxygens (including phenoxy) is 2. The van der Waals surface area contributed by atoms with Crippen molar-refractivity contribution in [3.8, 4) is 11.5 Å². The van der Waals surface area contributed by atoms with Gasteiger partial charge >= 0.3 is 0 Å². The van der Waals surface area contributed by atoms with Crippen LogP contribution in [0.1, 0.15) is 22.3 Å². The number of halogens is 1. The molecule has 2 rings (SSSR count). The summed E-state index contributed by atoms with van der Waals surface area (Å²) in [5, 5.41) is 2.93. The second-order valence-electron chi connectivity index (χ2n) is 5.28. The predicted molar refractivity (Wildman–Crippen MR) is 96.5 cm³/mol. The first-order chi connectivity index (χ1) is 11.9. The van der Waals surface area contributed by atoms with E-state index < -0.39 is 5.91 Å². The lowest BCUT2D eigenvalue weighted by Gasteiger charge is -2.11. The van der Waals surface area contributed by atoms with Gasteiger partial charge in [-0.2, -0.15) is 0 Å². The van der Waals surface area contributed by atoms with E-state index in [1.54, 1.807) is 32.4 Å². The minimum atomic E-state index is -0.618. The Morgan fingerprint density at radius 3 is 2.48 bits per heavy atom. The van der Waals surface area contributed by atoms with Crippen molar-refractivity contribution in [2.75, 3.05) is 19.5 Å². The summed E-state index contributed by atoms with van der Waals surface area (Å²) in [6.07, 6.45) is 0.734. The average molecular weight is 363 g/mol. The Labute approximate surface area is 150 Å². The van der Waals surface area contributed by atoms with Crippen LogP contribution in [0.15, 0.2) is 36.4 Å². The quantitative estimate of drug-likeness (QED) is 0.792. The van der Waals surface area contributed by atoms with Crippen LogP contribution >= 0.6 is 11.6 Å². The lowest BCUT2D eigenvalue weighted by molar-refractivity contribution is -0.116. The highest BCUT2D eigenvalue weighted by Crippen LogP contribution is 2.25. The maximum atomic E-state index is 12.2. The molecular weight excluding hydrogens is 344 g/mol. The van der Waals surface area contributed by atoms with Crippen molar-refractivity contribution in [1.29, 1.82) is 0 Å². The molecule has 132 valence electrons. The van der Waals surface area contributed by atoms with Gasteiger partial charge in [0, 0.05) is 12.1 Å². The van der Waals surface area contributed by atoms with Crippen molar-refractivity contribution in [2.45, 2.75) is 12.8 Å². The number of nitrogens with one attached hydrogen (secondary N) is 1. The molecule has 2 amide bonds. The predicted octanol–water partition coefficient (Wildman–Crippen LogP) is 3.03.